The Bertz CT molecular complexity index is 610. The second-order valence-corrected chi connectivity index (χ2v) is 6.03. The number of aromatic nitrogens is 1. The number of hydrogen-bond donors (Lipinski definition) is 1. The molecule has 3 nitrogen and oxygen atoms in total. The number of nitrogens with zero attached hydrogens (tertiary/aromatic N) is 2. The highest BCUT2D eigenvalue weighted by Crippen LogP contribution is 2.29. The van der Waals surface area contributed by atoms with Gasteiger partial charge in [0.25, 0.3) is 0 Å². The normalized spacial score (nSPS) is 26.6. The minimum atomic E-state index is 0.573. The Balaban J connectivity index is 1.55. The third-order valence-corrected chi connectivity index (χ3v) is 4.79. The Morgan fingerprint density at radius 3 is 2.95 bits per heavy atom. The van der Waals surface area contributed by atoms with Gasteiger partial charge in [-0.25, -0.2) is 4.98 Å². The maximum absolute atomic E-state index is 4.75. The van der Waals surface area contributed by atoms with E-state index in [1.807, 2.05) is 0 Å². The maximum Gasteiger partial charge on any atom is 0.126 e. The van der Waals surface area contributed by atoms with Crippen molar-refractivity contribution in [1.29, 1.82) is 0 Å². The van der Waals surface area contributed by atoms with Crippen LogP contribution in [0.25, 0.3) is 10.9 Å². The number of anilines is 1. The number of piperidine rings is 1. The van der Waals surface area contributed by atoms with E-state index >= 15 is 0 Å². The molecule has 0 bridgehead atoms. The molecule has 2 aromatic rings. The minimum absolute atomic E-state index is 0.573. The second-order valence-electron chi connectivity index (χ2n) is 6.03. The summed E-state index contributed by atoms with van der Waals surface area (Å²) in [5, 5.41) is 4.89. The predicted molar refractivity (Wildman–Crippen MR) is 83.0 cm³/mol. The van der Waals surface area contributed by atoms with E-state index < -0.39 is 0 Å². The van der Waals surface area contributed by atoms with Gasteiger partial charge in [-0.15, -0.1) is 0 Å². The van der Waals surface area contributed by atoms with Crippen molar-refractivity contribution in [2.45, 2.75) is 37.8 Å². The molecule has 0 radical (unpaired) electrons. The van der Waals surface area contributed by atoms with Crippen LogP contribution in [0.4, 0.5) is 5.82 Å². The highest BCUT2D eigenvalue weighted by Gasteiger charge is 2.35. The van der Waals surface area contributed by atoms with Gasteiger partial charge in [-0.05, 0) is 44.0 Å². The zero-order valence-electron chi connectivity index (χ0n) is 11.8. The quantitative estimate of drug-likeness (QED) is 0.905. The summed E-state index contributed by atoms with van der Waals surface area (Å²) in [5.74, 6) is 1.03. The fraction of sp³-hybridized carbons (Fsp3) is 0.471. The first kappa shape index (κ1) is 12.2. The molecular formula is C17H21N3. The lowest BCUT2D eigenvalue weighted by atomic mass is 9.99. The summed E-state index contributed by atoms with van der Waals surface area (Å²) in [6.45, 7) is 2.53. The molecule has 0 aliphatic carbocycles. The fourth-order valence-corrected chi connectivity index (χ4v) is 3.75. The van der Waals surface area contributed by atoms with Crippen LogP contribution in [0.5, 0.6) is 0 Å². The van der Waals surface area contributed by atoms with E-state index in [0.717, 1.165) is 17.4 Å². The number of para-hydroxylation sites is 1. The molecule has 2 atom stereocenters. The lowest BCUT2D eigenvalue weighted by Crippen LogP contribution is -2.41. The van der Waals surface area contributed by atoms with Crippen molar-refractivity contribution >= 4 is 16.7 Å². The topological polar surface area (TPSA) is 28.2 Å². The fourth-order valence-electron chi connectivity index (χ4n) is 3.75. The van der Waals surface area contributed by atoms with E-state index in [1.165, 1.54) is 44.2 Å². The molecule has 2 aliphatic heterocycles. The lowest BCUT2D eigenvalue weighted by Gasteiger charge is -2.32. The Hall–Kier alpha value is -1.61. The van der Waals surface area contributed by atoms with Crippen LogP contribution in [0.15, 0.2) is 36.4 Å². The molecule has 2 aliphatic rings. The molecule has 20 heavy (non-hydrogen) atoms. The van der Waals surface area contributed by atoms with Gasteiger partial charge in [-0.1, -0.05) is 24.6 Å². The predicted octanol–water partition coefficient (Wildman–Crippen LogP) is 3.27. The molecule has 4 rings (SSSR count). The first-order valence-electron chi connectivity index (χ1n) is 7.76. The molecule has 1 aromatic heterocycles. The van der Waals surface area contributed by atoms with Crippen molar-refractivity contribution in [3.8, 4) is 0 Å². The maximum atomic E-state index is 4.75. The molecule has 104 valence electrons. The van der Waals surface area contributed by atoms with E-state index in [4.69, 9.17) is 4.98 Å². The van der Waals surface area contributed by atoms with Gasteiger partial charge < -0.3 is 5.32 Å². The number of fused-ring (bicyclic) bond motifs is 2. The molecule has 2 saturated heterocycles. The number of pyridine rings is 1. The standard InChI is InChI=1S/C17H21N3/c1-2-6-14-13(5-1)8-9-17(18-14)19-15-10-12-20-11-4-3-7-16(15)20/h1-2,5-6,8-9,15-16H,3-4,7,10-12H2,(H,18,19). The zero-order chi connectivity index (χ0) is 13.4. The summed E-state index contributed by atoms with van der Waals surface area (Å²) < 4.78 is 0. The molecule has 0 spiro atoms. The van der Waals surface area contributed by atoms with Gasteiger partial charge in [0.2, 0.25) is 0 Å². The van der Waals surface area contributed by atoms with Crippen molar-refractivity contribution in [1.82, 2.24) is 9.88 Å². The SMILES string of the molecule is c1ccc2nc(NC3CCN4CCCCC34)ccc2c1. The van der Waals surface area contributed by atoms with Crippen molar-refractivity contribution < 1.29 is 0 Å². The van der Waals surface area contributed by atoms with Crippen LogP contribution in [-0.2, 0) is 0 Å². The first-order valence-corrected chi connectivity index (χ1v) is 7.76. The van der Waals surface area contributed by atoms with Crippen molar-refractivity contribution in [3.05, 3.63) is 36.4 Å². The number of nitrogens with one attached hydrogen (secondary N) is 1. The van der Waals surface area contributed by atoms with Crippen LogP contribution in [-0.4, -0.2) is 35.1 Å². The van der Waals surface area contributed by atoms with Crippen LogP contribution in [0, 0.1) is 0 Å². The summed E-state index contributed by atoms with van der Waals surface area (Å²) in [6, 6.07) is 13.9. The molecule has 1 aromatic carbocycles. The van der Waals surface area contributed by atoms with Crippen molar-refractivity contribution in [3.63, 3.8) is 0 Å². The lowest BCUT2D eigenvalue weighted by molar-refractivity contribution is 0.192. The summed E-state index contributed by atoms with van der Waals surface area (Å²) in [5.41, 5.74) is 1.08. The monoisotopic (exact) mass is 267 g/mol. The van der Waals surface area contributed by atoms with E-state index in [1.54, 1.807) is 0 Å². The minimum Gasteiger partial charge on any atom is -0.366 e. The number of rotatable bonds is 2. The Morgan fingerprint density at radius 1 is 1.00 bits per heavy atom. The Kier molecular flexibility index (Phi) is 3.07. The van der Waals surface area contributed by atoms with Gasteiger partial charge >= 0.3 is 0 Å². The summed E-state index contributed by atoms with van der Waals surface area (Å²) in [7, 11) is 0. The highest BCUT2D eigenvalue weighted by molar-refractivity contribution is 5.80. The second kappa shape index (κ2) is 5.06. The molecule has 3 heteroatoms. The molecular weight excluding hydrogens is 246 g/mol. The molecule has 2 fully saturated rings. The molecule has 2 unspecified atom stereocenters. The van der Waals surface area contributed by atoms with E-state index in [-0.39, 0.29) is 0 Å². The van der Waals surface area contributed by atoms with Crippen LogP contribution in [0.2, 0.25) is 0 Å². The van der Waals surface area contributed by atoms with Gasteiger partial charge in [-0.3, -0.25) is 4.90 Å². The first-order chi connectivity index (χ1) is 9.90. The zero-order valence-corrected chi connectivity index (χ0v) is 11.8. The Morgan fingerprint density at radius 2 is 1.95 bits per heavy atom. The summed E-state index contributed by atoms with van der Waals surface area (Å²) in [4.78, 5) is 7.40. The van der Waals surface area contributed by atoms with Gasteiger partial charge in [0.1, 0.15) is 5.82 Å². The van der Waals surface area contributed by atoms with Gasteiger partial charge in [0, 0.05) is 24.0 Å². The summed E-state index contributed by atoms with van der Waals surface area (Å²) in [6.07, 6.45) is 5.34. The van der Waals surface area contributed by atoms with Crippen LogP contribution in [0.1, 0.15) is 25.7 Å². The van der Waals surface area contributed by atoms with Crippen molar-refractivity contribution in [2.75, 3.05) is 18.4 Å². The molecule has 0 amide bonds. The van der Waals surface area contributed by atoms with E-state index in [0.29, 0.717) is 6.04 Å². The molecule has 1 N–H and O–H groups in total. The van der Waals surface area contributed by atoms with Gasteiger partial charge in [0.15, 0.2) is 0 Å². The average molecular weight is 267 g/mol. The molecule has 0 saturated carbocycles. The van der Waals surface area contributed by atoms with E-state index in [2.05, 4.69) is 46.6 Å². The number of hydrogen-bond acceptors (Lipinski definition) is 3. The van der Waals surface area contributed by atoms with Crippen molar-refractivity contribution in [2.24, 2.45) is 0 Å². The van der Waals surface area contributed by atoms with Crippen LogP contribution >= 0.6 is 0 Å². The van der Waals surface area contributed by atoms with E-state index in [9.17, 15) is 0 Å². The third-order valence-electron chi connectivity index (χ3n) is 4.79. The highest BCUT2D eigenvalue weighted by atomic mass is 15.2. The van der Waals surface area contributed by atoms with Crippen LogP contribution in [0.3, 0.4) is 0 Å². The summed E-state index contributed by atoms with van der Waals surface area (Å²) >= 11 is 0. The third kappa shape index (κ3) is 2.16. The number of benzene rings is 1. The van der Waals surface area contributed by atoms with Gasteiger partial charge in [0.05, 0.1) is 5.52 Å². The van der Waals surface area contributed by atoms with Gasteiger partial charge in [-0.2, -0.15) is 0 Å². The average Bonchev–Trinajstić information content (AvgIpc) is 2.91. The molecule has 3 heterocycles. The largest absolute Gasteiger partial charge is 0.366 e. The Labute approximate surface area is 120 Å². The van der Waals surface area contributed by atoms with Crippen LogP contribution < -0.4 is 5.32 Å². The smallest absolute Gasteiger partial charge is 0.126 e.